The highest BCUT2D eigenvalue weighted by atomic mass is 35.5. The molecule has 0 unspecified atom stereocenters. The molecule has 2 amide bonds. The molecule has 1 fully saturated rings. The van der Waals surface area contributed by atoms with Gasteiger partial charge in [0.25, 0.3) is 5.91 Å². The number of pyridine rings is 1. The predicted octanol–water partition coefficient (Wildman–Crippen LogP) is 4.52. The highest BCUT2D eigenvalue weighted by Crippen LogP contribution is 2.18. The summed E-state index contributed by atoms with van der Waals surface area (Å²) in [6, 6.07) is 10.0. The van der Waals surface area contributed by atoms with Crippen LogP contribution in [0.2, 0.25) is 5.15 Å². The van der Waals surface area contributed by atoms with E-state index in [0.717, 1.165) is 29.3 Å². The van der Waals surface area contributed by atoms with E-state index in [1.54, 1.807) is 30.5 Å². The van der Waals surface area contributed by atoms with Gasteiger partial charge in [0.15, 0.2) is 0 Å². The molecule has 0 radical (unpaired) electrons. The van der Waals surface area contributed by atoms with Gasteiger partial charge < -0.3 is 16.0 Å². The Morgan fingerprint density at radius 1 is 1.16 bits per heavy atom. The first-order valence-corrected chi connectivity index (χ1v) is 10.8. The summed E-state index contributed by atoms with van der Waals surface area (Å²) >= 11 is 5.67. The van der Waals surface area contributed by atoms with E-state index in [1.165, 1.54) is 31.4 Å². The lowest BCUT2D eigenvalue weighted by molar-refractivity contribution is -0.121. The first-order valence-electron chi connectivity index (χ1n) is 10.4. The number of hydrogen-bond donors (Lipinski definition) is 3. The van der Waals surface area contributed by atoms with Gasteiger partial charge in [-0.1, -0.05) is 43.0 Å². The maximum Gasteiger partial charge on any atom is 0.265 e. The molecule has 1 aromatic carbocycles. The lowest BCUT2D eigenvalue weighted by Gasteiger charge is -2.22. The summed E-state index contributed by atoms with van der Waals surface area (Å²) in [7, 11) is 0. The average molecular weight is 445 g/mol. The lowest BCUT2D eigenvalue weighted by Crippen LogP contribution is -2.36. The van der Waals surface area contributed by atoms with Crippen LogP contribution in [0, 0.1) is 5.82 Å². The number of rotatable bonds is 5. The predicted molar refractivity (Wildman–Crippen MR) is 119 cm³/mol. The minimum atomic E-state index is -0.493. The molecule has 1 saturated carbocycles. The van der Waals surface area contributed by atoms with Crippen LogP contribution in [0.3, 0.4) is 0 Å². The van der Waals surface area contributed by atoms with Crippen LogP contribution in [-0.2, 0) is 11.2 Å². The van der Waals surface area contributed by atoms with E-state index in [-0.39, 0.29) is 11.7 Å². The molecule has 0 bridgehead atoms. The van der Waals surface area contributed by atoms with Gasteiger partial charge >= 0.3 is 0 Å². The summed E-state index contributed by atoms with van der Waals surface area (Å²) in [4.78, 5) is 29.2. The SMILES string of the molecule is NC(=O)c1cc2cc(Cl)ncc2[nH]1.O=C(CCc1ccc(F)cc1)NC1CCCCC1. The van der Waals surface area contributed by atoms with Gasteiger partial charge in [-0.15, -0.1) is 0 Å². The fourth-order valence-corrected chi connectivity index (χ4v) is 3.76. The molecule has 2 aromatic heterocycles. The van der Waals surface area contributed by atoms with Gasteiger partial charge in [-0.2, -0.15) is 0 Å². The number of benzene rings is 1. The van der Waals surface area contributed by atoms with Crippen LogP contribution >= 0.6 is 11.6 Å². The lowest BCUT2D eigenvalue weighted by atomic mass is 9.95. The number of nitrogens with one attached hydrogen (secondary N) is 2. The van der Waals surface area contributed by atoms with Gasteiger partial charge in [0, 0.05) is 17.8 Å². The largest absolute Gasteiger partial charge is 0.364 e. The third-order valence-electron chi connectivity index (χ3n) is 5.26. The summed E-state index contributed by atoms with van der Waals surface area (Å²) in [5.74, 6) is -0.607. The first kappa shape index (κ1) is 22.7. The van der Waals surface area contributed by atoms with Gasteiger partial charge in [-0.3, -0.25) is 9.59 Å². The number of H-pyrrole nitrogens is 1. The molecular formula is C23H26ClFN4O2. The minimum Gasteiger partial charge on any atom is -0.364 e. The number of primary amides is 1. The number of carbonyl (C=O) groups is 2. The standard InChI is InChI=1S/C15H20FNO.C8H6ClN3O/c16-13-9-6-12(7-10-13)8-11-15(18)17-14-4-2-1-3-5-14;9-7-2-4-1-5(8(10)13)12-6(4)3-11-7/h6-7,9-10,14H,1-5,8,11H2,(H,17,18);1-3,12H,(H2,10,13). The Morgan fingerprint density at radius 2 is 1.87 bits per heavy atom. The van der Waals surface area contributed by atoms with E-state index in [2.05, 4.69) is 15.3 Å². The maximum atomic E-state index is 12.7. The Hall–Kier alpha value is -2.93. The molecule has 31 heavy (non-hydrogen) atoms. The molecule has 164 valence electrons. The van der Waals surface area contributed by atoms with Crippen LogP contribution in [0.4, 0.5) is 4.39 Å². The van der Waals surface area contributed by atoms with Gasteiger partial charge in [0.2, 0.25) is 5.91 Å². The van der Waals surface area contributed by atoms with Gasteiger partial charge in [-0.05, 0) is 49.1 Å². The first-order chi connectivity index (χ1) is 14.9. The Balaban J connectivity index is 0.000000185. The van der Waals surface area contributed by atoms with Crippen molar-refractivity contribution in [3.63, 3.8) is 0 Å². The Bertz CT molecular complexity index is 1030. The van der Waals surface area contributed by atoms with Crippen molar-refractivity contribution in [2.75, 3.05) is 0 Å². The summed E-state index contributed by atoms with van der Waals surface area (Å²) in [5, 5.41) is 4.31. The maximum absolute atomic E-state index is 12.7. The normalized spacial score (nSPS) is 14.0. The van der Waals surface area contributed by atoms with E-state index in [9.17, 15) is 14.0 Å². The molecule has 0 atom stereocenters. The molecule has 6 nitrogen and oxygen atoms in total. The number of aromatic nitrogens is 2. The number of halogens is 2. The van der Waals surface area contributed by atoms with E-state index < -0.39 is 5.91 Å². The molecular weight excluding hydrogens is 419 g/mol. The molecule has 4 rings (SSSR count). The molecule has 1 aliphatic rings. The Kier molecular flexibility index (Phi) is 8.00. The number of nitrogens with zero attached hydrogens (tertiary/aromatic N) is 1. The number of nitrogens with two attached hydrogens (primary N) is 1. The second-order valence-electron chi connectivity index (χ2n) is 7.67. The zero-order valence-corrected chi connectivity index (χ0v) is 17.9. The molecule has 1 aliphatic carbocycles. The number of hydrogen-bond acceptors (Lipinski definition) is 3. The minimum absolute atomic E-state index is 0.117. The van der Waals surface area contributed by atoms with E-state index >= 15 is 0 Å². The summed E-state index contributed by atoms with van der Waals surface area (Å²) in [6.07, 6.45) is 8.70. The van der Waals surface area contributed by atoms with Gasteiger partial charge in [0.1, 0.15) is 16.7 Å². The fourth-order valence-electron chi connectivity index (χ4n) is 3.59. The van der Waals surface area contributed by atoms with Crippen LogP contribution in [0.5, 0.6) is 0 Å². The Labute approximate surface area is 185 Å². The fraction of sp³-hybridized carbons (Fsp3) is 0.348. The number of carbonyl (C=O) groups excluding carboxylic acids is 2. The van der Waals surface area contributed by atoms with Crippen LogP contribution in [0.15, 0.2) is 42.6 Å². The van der Waals surface area contributed by atoms with Crippen molar-refractivity contribution in [2.24, 2.45) is 5.73 Å². The molecule has 8 heteroatoms. The van der Waals surface area contributed by atoms with Crippen molar-refractivity contribution in [1.29, 1.82) is 0 Å². The summed E-state index contributed by atoms with van der Waals surface area (Å²) < 4.78 is 12.7. The molecule has 0 aliphatic heterocycles. The smallest absolute Gasteiger partial charge is 0.265 e. The third-order valence-corrected chi connectivity index (χ3v) is 5.47. The summed E-state index contributed by atoms with van der Waals surface area (Å²) in [6.45, 7) is 0. The summed E-state index contributed by atoms with van der Waals surface area (Å²) in [5.41, 5.74) is 7.21. The van der Waals surface area contributed by atoms with Crippen molar-refractivity contribution >= 4 is 34.3 Å². The molecule has 0 saturated heterocycles. The number of fused-ring (bicyclic) bond motifs is 1. The number of aromatic amines is 1. The van der Waals surface area contributed by atoms with Crippen molar-refractivity contribution in [1.82, 2.24) is 15.3 Å². The number of amides is 2. The Morgan fingerprint density at radius 3 is 2.55 bits per heavy atom. The molecule has 0 spiro atoms. The van der Waals surface area contributed by atoms with Gasteiger partial charge in [0.05, 0.1) is 11.7 Å². The number of aryl methyl sites for hydroxylation is 1. The average Bonchev–Trinajstić information content (AvgIpc) is 3.18. The van der Waals surface area contributed by atoms with E-state index in [0.29, 0.717) is 29.7 Å². The van der Waals surface area contributed by atoms with E-state index in [4.69, 9.17) is 17.3 Å². The van der Waals surface area contributed by atoms with Crippen molar-refractivity contribution in [3.8, 4) is 0 Å². The van der Waals surface area contributed by atoms with Crippen LogP contribution in [0.25, 0.3) is 10.9 Å². The topological polar surface area (TPSA) is 101 Å². The van der Waals surface area contributed by atoms with E-state index in [1.807, 2.05) is 0 Å². The van der Waals surface area contributed by atoms with Crippen LogP contribution in [0.1, 0.15) is 54.6 Å². The van der Waals surface area contributed by atoms with Gasteiger partial charge in [-0.25, -0.2) is 9.37 Å². The highest BCUT2D eigenvalue weighted by Gasteiger charge is 2.15. The van der Waals surface area contributed by atoms with Crippen molar-refractivity contribution < 1.29 is 14.0 Å². The second kappa shape index (κ2) is 10.9. The quantitative estimate of drug-likeness (QED) is 0.504. The highest BCUT2D eigenvalue weighted by molar-refractivity contribution is 6.30. The molecule has 3 aromatic rings. The molecule has 2 heterocycles. The zero-order valence-electron chi connectivity index (χ0n) is 17.2. The molecule has 4 N–H and O–H groups in total. The zero-order chi connectivity index (χ0) is 22.2. The second-order valence-corrected chi connectivity index (χ2v) is 8.06. The third kappa shape index (κ3) is 7.07. The van der Waals surface area contributed by atoms with Crippen LogP contribution < -0.4 is 11.1 Å². The van der Waals surface area contributed by atoms with Crippen LogP contribution in [-0.4, -0.2) is 27.8 Å². The van der Waals surface area contributed by atoms with Crippen molar-refractivity contribution in [3.05, 3.63) is 64.8 Å². The van der Waals surface area contributed by atoms with Crippen molar-refractivity contribution in [2.45, 2.75) is 51.0 Å². The monoisotopic (exact) mass is 444 g/mol.